The highest BCUT2D eigenvalue weighted by Crippen LogP contribution is 2.52. The number of amides is 1. The van der Waals surface area contributed by atoms with E-state index in [-0.39, 0.29) is 36.8 Å². The number of piperidine rings is 1. The molecule has 2 aliphatic rings. The van der Waals surface area contributed by atoms with Crippen LogP contribution in [0.3, 0.4) is 0 Å². The molecule has 168 valence electrons. The Balaban J connectivity index is 2.19. The van der Waals surface area contributed by atoms with E-state index in [9.17, 15) is 19.5 Å². The van der Waals surface area contributed by atoms with Crippen molar-refractivity contribution in [2.75, 3.05) is 7.11 Å². The lowest BCUT2D eigenvalue weighted by molar-refractivity contribution is -0.181. The molecule has 0 bridgehead atoms. The third kappa shape index (κ3) is 4.24. The third-order valence-corrected chi connectivity index (χ3v) is 6.29. The fourth-order valence-electron chi connectivity index (χ4n) is 4.58. The molecule has 1 amide bonds. The van der Waals surface area contributed by atoms with Crippen LogP contribution in [0.4, 0.5) is 0 Å². The summed E-state index contributed by atoms with van der Waals surface area (Å²) in [6.07, 6.45) is 0.629. The first-order valence-corrected chi connectivity index (χ1v) is 10.5. The first-order chi connectivity index (χ1) is 14.5. The van der Waals surface area contributed by atoms with Crippen LogP contribution in [-0.2, 0) is 30.4 Å². The third-order valence-electron chi connectivity index (χ3n) is 6.29. The average Bonchev–Trinajstić information content (AvgIpc) is 2.70. The first kappa shape index (κ1) is 23.0. The second kappa shape index (κ2) is 8.46. The second-order valence-corrected chi connectivity index (χ2v) is 9.49. The summed E-state index contributed by atoms with van der Waals surface area (Å²) in [6.45, 7) is 8.14. The molecular weight excluding hydrogens is 398 g/mol. The Hall–Kier alpha value is -2.67. The summed E-state index contributed by atoms with van der Waals surface area (Å²) >= 11 is 0. The van der Waals surface area contributed by atoms with Crippen molar-refractivity contribution in [1.82, 2.24) is 4.90 Å². The van der Waals surface area contributed by atoms with Crippen LogP contribution < -0.4 is 0 Å². The summed E-state index contributed by atoms with van der Waals surface area (Å²) in [6, 6.07) is 9.45. The highest BCUT2D eigenvalue weighted by molar-refractivity contribution is 5.91. The Morgan fingerprint density at radius 2 is 1.90 bits per heavy atom. The van der Waals surface area contributed by atoms with Crippen molar-refractivity contribution in [3.8, 4) is 0 Å². The topological polar surface area (TPSA) is 93.1 Å². The fourth-order valence-corrected chi connectivity index (χ4v) is 4.58. The minimum atomic E-state index is -1.25. The van der Waals surface area contributed by atoms with Gasteiger partial charge in [-0.05, 0) is 30.4 Å². The van der Waals surface area contributed by atoms with E-state index in [1.807, 2.05) is 57.2 Å². The number of carboxylic acids is 1. The van der Waals surface area contributed by atoms with E-state index in [0.717, 1.165) is 5.56 Å². The maximum absolute atomic E-state index is 13.5. The second-order valence-electron chi connectivity index (χ2n) is 9.49. The quantitative estimate of drug-likeness (QED) is 0.722. The molecule has 0 saturated carbocycles. The van der Waals surface area contributed by atoms with E-state index in [0.29, 0.717) is 5.70 Å². The normalized spacial score (nSPS) is 28.5. The monoisotopic (exact) mass is 429 g/mol. The van der Waals surface area contributed by atoms with Crippen molar-refractivity contribution in [3.05, 3.63) is 47.7 Å². The minimum Gasteiger partial charge on any atom is -0.481 e. The molecule has 4 atom stereocenters. The lowest BCUT2D eigenvalue weighted by atomic mass is 9.65. The van der Waals surface area contributed by atoms with E-state index >= 15 is 0 Å². The molecule has 0 aliphatic carbocycles. The number of hydrogen-bond acceptors (Lipinski definition) is 5. The maximum atomic E-state index is 13.5. The molecular formula is C24H31NO6. The summed E-state index contributed by atoms with van der Waals surface area (Å²) in [5.74, 6) is -2.74. The van der Waals surface area contributed by atoms with Gasteiger partial charge in [-0.1, -0.05) is 51.1 Å². The lowest BCUT2D eigenvalue weighted by Gasteiger charge is -2.52. The molecule has 0 unspecified atom stereocenters. The van der Waals surface area contributed by atoms with Crippen LogP contribution in [0.1, 0.15) is 46.1 Å². The van der Waals surface area contributed by atoms with Gasteiger partial charge in [0.2, 0.25) is 5.91 Å². The smallest absolute Gasteiger partial charge is 0.320 e. The predicted octanol–water partition coefficient (Wildman–Crippen LogP) is 3.39. The number of esters is 1. The Labute approximate surface area is 183 Å². The molecule has 7 heteroatoms. The van der Waals surface area contributed by atoms with Gasteiger partial charge in [-0.3, -0.25) is 14.4 Å². The van der Waals surface area contributed by atoms with Crippen molar-refractivity contribution in [3.63, 3.8) is 0 Å². The molecule has 1 N–H and O–H groups in total. The van der Waals surface area contributed by atoms with Gasteiger partial charge >= 0.3 is 11.9 Å². The zero-order valence-electron chi connectivity index (χ0n) is 18.8. The predicted molar refractivity (Wildman–Crippen MR) is 114 cm³/mol. The van der Waals surface area contributed by atoms with Gasteiger partial charge in [0.25, 0.3) is 0 Å². The minimum absolute atomic E-state index is 0.0416. The van der Waals surface area contributed by atoms with Gasteiger partial charge in [-0.25, -0.2) is 0 Å². The number of nitrogens with zero attached hydrogens (tertiary/aromatic N) is 1. The van der Waals surface area contributed by atoms with Crippen LogP contribution in [0.15, 0.2) is 42.1 Å². The van der Waals surface area contributed by atoms with Crippen molar-refractivity contribution in [1.29, 1.82) is 0 Å². The number of benzene rings is 1. The lowest BCUT2D eigenvalue weighted by Crippen LogP contribution is -2.60. The molecule has 1 fully saturated rings. The summed E-state index contributed by atoms with van der Waals surface area (Å²) < 4.78 is 11.5. The standard InChI is InChI=1S/C24H31NO6/c1-15-24(22(29)30-5)13-17(11-20(26)27)21(28)25(14-16-9-7-6-8-10-16)18(24)12-19(31-15)23(2,3)4/h6-10,12,15,17,19H,11,13-14H2,1-5H3,(H,26,27)/t15-,17-,19-,24+/m0/s1. The maximum Gasteiger partial charge on any atom is 0.320 e. The highest BCUT2D eigenvalue weighted by Gasteiger charge is 2.60. The summed E-state index contributed by atoms with van der Waals surface area (Å²) in [4.78, 5) is 39.7. The van der Waals surface area contributed by atoms with Crippen molar-refractivity contribution >= 4 is 17.8 Å². The number of likely N-dealkylation sites (tertiary alicyclic amines) is 1. The molecule has 1 saturated heterocycles. The Morgan fingerprint density at radius 3 is 2.45 bits per heavy atom. The van der Waals surface area contributed by atoms with E-state index < -0.39 is 29.4 Å². The molecule has 0 aromatic heterocycles. The summed E-state index contributed by atoms with van der Waals surface area (Å²) in [5.41, 5.74) is -0.0751. The Bertz CT molecular complexity index is 887. The zero-order chi connectivity index (χ0) is 23.0. The average molecular weight is 430 g/mol. The van der Waals surface area contributed by atoms with Gasteiger partial charge in [-0.2, -0.15) is 0 Å². The molecule has 31 heavy (non-hydrogen) atoms. The molecule has 1 aromatic carbocycles. The van der Waals surface area contributed by atoms with Gasteiger partial charge < -0.3 is 19.5 Å². The highest BCUT2D eigenvalue weighted by atomic mass is 16.5. The number of fused-ring (bicyclic) bond motifs is 1. The molecule has 3 rings (SSSR count). The molecule has 7 nitrogen and oxygen atoms in total. The molecule has 0 radical (unpaired) electrons. The fraction of sp³-hybridized carbons (Fsp3) is 0.542. The van der Waals surface area contributed by atoms with Crippen molar-refractivity contribution in [2.24, 2.45) is 16.7 Å². The molecule has 2 heterocycles. The van der Waals surface area contributed by atoms with Gasteiger partial charge in [-0.15, -0.1) is 0 Å². The number of carboxylic acid groups (broad SMARTS) is 1. The van der Waals surface area contributed by atoms with Gasteiger partial charge in [0, 0.05) is 5.70 Å². The molecule has 2 aliphatic heterocycles. The van der Waals surface area contributed by atoms with Gasteiger partial charge in [0.15, 0.2) is 0 Å². The number of ether oxygens (including phenoxy) is 2. The van der Waals surface area contributed by atoms with E-state index in [2.05, 4.69) is 0 Å². The number of aliphatic carboxylic acids is 1. The number of methoxy groups -OCH3 is 1. The van der Waals surface area contributed by atoms with Crippen molar-refractivity contribution < 1.29 is 29.0 Å². The van der Waals surface area contributed by atoms with Crippen LogP contribution >= 0.6 is 0 Å². The van der Waals surface area contributed by atoms with E-state index in [1.54, 1.807) is 11.8 Å². The van der Waals surface area contributed by atoms with Crippen LogP contribution in [0, 0.1) is 16.7 Å². The summed E-state index contributed by atoms with van der Waals surface area (Å²) in [7, 11) is 1.31. The molecule has 1 aromatic rings. The summed E-state index contributed by atoms with van der Waals surface area (Å²) in [5, 5.41) is 9.42. The largest absolute Gasteiger partial charge is 0.481 e. The SMILES string of the molecule is COC(=O)[C@@]12C[C@H](CC(=O)O)C(=O)N(Cc3ccccc3)C1=C[C@@H](C(C)(C)C)O[C@H]2C. The number of carbonyl (C=O) groups excluding carboxylic acids is 2. The zero-order valence-corrected chi connectivity index (χ0v) is 18.8. The first-order valence-electron chi connectivity index (χ1n) is 10.5. The van der Waals surface area contributed by atoms with Crippen LogP contribution in [0.25, 0.3) is 0 Å². The van der Waals surface area contributed by atoms with Gasteiger partial charge in [0.05, 0.1) is 38.2 Å². The van der Waals surface area contributed by atoms with Crippen molar-refractivity contribution in [2.45, 2.75) is 59.3 Å². The van der Waals surface area contributed by atoms with E-state index in [1.165, 1.54) is 7.11 Å². The molecule has 0 spiro atoms. The van der Waals surface area contributed by atoms with Crippen LogP contribution in [0.5, 0.6) is 0 Å². The van der Waals surface area contributed by atoms with E-state index in [4.69, 9.17) is 9.47 Å². The Kier molecular flexibility index (Phi) is 6.28. The van der Waals surface area contributed by atoms with Gasteiger partial charge in [0.1, 0.15) is 5.41 Å². The van der Waals surface area contributed by atoms with Crippen LogP contribution in [0.2, 0.25) is 0 Å². The number of carbonyl (C=O) groups is 3. The number of hydrogen-bond donors (Lipinski definition) is 1. The Morgan fingerprint density at radius 1 is 1.26 bits per heavy atom. The van der Waals surface area contributed by atoms with Crippen LogP contribution in [-0.4, -0.2) is 47.2 Å². The number of rotatable bonds is 5.